The van der Waals surface area contributed by atoms with Crippen LogP contribution in [0.5, 0.6) is 0 Å². The van der Waals surface area contributed by atoms with Crippen LogP contribution >= 0.6 is 23.5 Å². The first-order chi connectivity index (χ1) is 4.79. The molecular weight excluding hydrogens is 160 g/mol. The minimum atomic E-state index is 0.811. The summed E-state index contributed by atoms with van der Waals surface area (Å²) in [6, 6.07) is 0. The first-order valence-electron chi connectivity index (χ1n) is 3.66. The molecule has 1 heterocycles. The monoisotopic (exact) mass is 174 g/mol. The van der Waals surface area contributed by atoms with Crippen molar-refractivity contribution in [1.29, 1.82) is 0 Å². The van der Waals surface area contributed by atoms with Crippen molar-refractivity contribution in [2.24, 2.45) is 0 Å². The maximum absolute atomic E-state index is 3.92. The predicted molar refractivity (Wildman–Crippen MR) is 52.8 cm³/mol. The maximum Gasteiger partial charge on any atom is 0.0539 e. The Balaban J connectivity index is 2.19. The zero-order valence-corrected chi connectivity index (χ0v) is 8.06. The summed E-state index contributed by atoms with van der Waals surface area (Å²) in [7, 11) is 0. The number of hydrogen-bond acceptors (Lipinski definition) is 2. The Labute approximate surface area is 71.8 Å². The minimum absolute atomic E-state index is 0.811. The van der Waals surface area contributed by atoms with E-state index in [1.165, 1.54) is 29.9 Å². The van der Waals surface area contributed by atoms with Crippen molar-refractivity contribution < 1.29 is 0 Å². The number of rotatable bonds is 2. The van der Waals surface area contributed by atoms with E-state index in [1.807, 2.05) is 0 Å². The van der Waals surface area contributed by atoms with Gasteiger partial charge in [0, 0.05) is 0 Å². The van der Waals surface area contributed by atoms with Gasteiger partial charge in [-0.1, -0.05) is 5.57 Å². The summed E-state index contributed by atoms with van der Waals surface area (Å²) in [5.74, 6) is 2.70. The van der Waals surface area contributed by atoms with Crippen LogP contribution < -0.4 is 0 Å². The van der Waals surface area contributed by atoms with Gasteiger partial charge in [-0.05, 0) is 31.3 Å². The summed E-state index contributed by atoms with van der Waals surface area (Å²) >= 11 is 4.19. The van der Waals surface area contributed by atoms with Crippen molar-refractivity contribution in [3.05, 3.63) is 12.2 Å². The van der Waals surface area contributed by atoms with Gasteiger partial charge >= 0.3 is 0 Å². The number of allylic oxidation sites excluding steroid dienone is 1. The molecule has 0 saturated carbocycles. The molecule has 0 aromatic carbocycles. The smallest absolute Gasteiger partial charge is 0.0539 e. The summed E-state index contributed by atoms with van der Waals surface area (Å²) in [5.41, 5.74) is 1.33. The lowest BCUT2D eigenvalue weighted by atomic mass is 10.3. The van der Waals surface area contributed by atoms with Gasteiger partial charge in [0.25, 0.3) is 0 Å². The van der Waals surface area contributed by atoms with E-state index in [9.17, 15) is 0 Å². The molecule has 2 heteroatoms. The highest BCUT2D eigenvalue weighted by Gasteiger charge is 2.13. The molecule has 0 aliphatic carbocycles. The molecule has 0 nitrogen and oxygen atoms in total. The highest BCUT2D eigenvalue weighted by Crippen LogP contribution is 2.34. The van der Waals surface area contributed by atoms with Crippen LogP contribution in [0.25, 0.3) is 0 Å². The highest BCUT2D eigenvalue weighted by atomic mass is 32.2. The second-order valence-electron chi connectivity index (χ2n) is 2.69. The van der Waals surface area contributed by atoms with E-state index in [0.717, 1.165) is 4.58 Å². The van der Waals surface area contributed by atoms with E-state index in [1.54, 1.807) is 0 Å². The first-order valence-corrected chi connectivity index (χ1v) is 5.76. The molecule has 10 heavy (non-hydrogen) atoms. The third kappa shape index (κ3) is 3.02. The zero-order chi connectivity index (χ0) is 7.40. The van der Waals surface area contributed by atoms with Gasteiger partial charge in [0.05, 0.1) is 4.58 Å². The van der Waals surface area contributed by atoms with Gasteiger partial charge in [-0.3, -0.25) is 0 Å². The molecule has 0 spiro atoms. The van der Waals surface area contributed by atoms with Gasteiger partial charge in [0.15, 0.2) is 0 Å². The fraction of sp³-hybridized carbons (Fsp3) is 0.750. The molecule has 0 aromatic heterocycles. The molecule has 0 N–H and O–H groups in total. The number of thioether (sulfide) groups is 2. The van der Waals surface area contributed by atoms with E-state index < -0.39 is 0 Å². The maximum atomic E-state index is 3.92. The molecule has 0 unspecified atom stereocenters. The molecule has 1 aliphatic rings. The van der Waals surface area contributed by atoms with E-state index in [0.29, 0.717) is 0 Å². The standard InChI is InChI=1S/C8H14S2/c1-7(2)6-8-9-4-3-5-10-8/h8H,1,3-6H2,2H3. The van der Waals surface area contributed by atoms with Crippen molar-refractivity contribution >= 4 is 23.5 Å². The van der Waals surface area contributed by atoms with Gasteiger partial charge < -0.3 is 0 Å². The average molecular weight is 174 g/mol. The van der Waals surface area contributed by atoms with Crippen molar-refractivity contribution in [3.8, 4) is 0 Å². The molecule has 58 valence electrons. The minimum Gasteiger partial charge on any atom is -0.147 e. The summed E-state index contributed by atoms with van der Waals surface area (Å²) in [4.78, 5) is 0. The second-order valence-corrected chi connectivity index (χ2v) is 5.61. The predicted octanol–water partition coefficient (Wildman–Crippen LogP) is 3.15. The van der Waals surface area contributed by atoms with Crippen LogP contribution in [0.2, 0.25) is 0 Å². The topological polar surface area (TPSA) is 0 Å². The Bertz CT molecular complexity index is 114. The van der Waals surface area contributed by atoms with Crippen LogP contribution in [0.4, 0.5) is 0 Å². The number of hydrogen-bond donors (Lipinski definition) is 0. The van der Waals surface area contributed by atoms with Crippen LogP contribution in [0.3, 0.4) is 0 Å². The molecule has 0 amide bonds. The van der Waals surface area contributed by atoms with Crippen LogP contribution in [-0.2, 0) is 0 Å². The molecular formula is C8H14S2. The summed E-state index contributed by atoms with van der Waals surface area (Å²) in [6.45, 7) is 6.04. The van der Waals surface area contributed by atoms with Gasteiger partial charge in [-0.25, -0.2) is 0 Å². The van der Waals surface area contributed by atoms with Crippen LogP contribution in [-0.4, -0.2) is 16.1 Å². The molecule has 1 fully saturated rings. The van der Waals surface area contributed by atoms with Crippen molar-refractivity contribution in [3.63, 3.8) is 0 Å². The summed E-state index contributed by atoms with van der Waals surface area (Å²) in [6.07, 6.45) is 2.59. The van der Waals surface area contributed by atoms with E-state index in [4.69, 9.17) is 0 Å². The molecule has 0 atom stereocenters. The normalized spacial score (nSPS) is 20.9. The fourth-order valence-electron chi connectivity index (χ4n) is 0.939. The lowest BCUT2D eigenvalue weighted by Crippen LogP contribution is -2.06. The third-order valence-electron chi connectivity index (χ3n) is 1.41. The lowest BCUT2D eigenvalue weighted by Gasteiger charge is -2.20. The van der Waals surface area contributed by atoms with Crippen LogP contribution in [0.1, 0.15) is 19.8 Å². The SMILES string of the molecule is C=C(C)CC1SCCCS1. The van der Waals surface area contributed by atoms with Gasteiger partial charge in [0.1, 0.15) is 0 Å². The van der Waals surface area contributed by atoms with E-state index in [2.05, 4.69) is 37.0 Å². The Kier molecular flexibility index (Phi) is 3.71. The second kappa shape index (κ2) is 4.35. The molecule has 1 aliphatic heterocycles. The fourth-order valence-corrected chi connectivity index (χ4v) is 4.04. The van der Waals surface area contributed by atoms with Crippen LogP contribution in [0.15, 0.2) is 12.2 Å². The Morgan fingerprint density at radius 3 is 2.60 bits per heavy atom. The van der Waals surface area contributed by atoms with Gasteiger partial charge in [-0.2, -0.15) is 0 Å². The Hall–Kier alpha value is 0.440. The van der Waals surface area contributed by atoms with Crippen molar-refractivity contribution in [2.75, 3.05) is 11.5 Å². The quantitative estimate of drug-likeness (QED) is 0.590. The first kappa shape index (κ1) is 8.54. The summed E-state index contributed by atoms with van der Waals surface area (Å²) < 4.78 is 0.811. The highest BCUT2D eigenvalue weighted by molar-refractivity contribution is 8.17. The van der Waals surface area contributed by atoms with Gasteiger partial charge in [0.2, 0.25) is 0 Å². The zero-order valence-electron chi connectivity index (χ0n) is 6.43. The van der Waals surface area contributed by atoms with E-state index >= 15 is 0 Å². The molecule has 1 rings (SSSR count). The Morgan fingerprint density at radius 1 is 1.50 bits per heavy atom. The largest absolute Gasteiger partial charge is 0.147 e. The molecule has 0 bridgehead atoms. The van der Waals surface area contributed by atoms with Crippen LogP contribution in [0, 0.1) is 0 Å². The Morgan fingerprint density at radius 2 is 2.10 bits per heavy atom. The van der Waals surface area contributed by atoms with Crippen molar-refractivity contribution in [1.82, 2.24) is 0 Å². The average Bonchev–Trinajstić information content (AvgIpc) is 1.88. The van der Waals surface area contributed by atoms with Crippen molar-refractivity contribution in [2.45, 2.75) is 24.3 Å². The lowest BCUT2D eigenvalue weighted by molar-refractivity contribution is 1.03. The molecule has 0 radical (unpaired) electrons. The van der Waals surface area contributed by atoms with E-state index in [-0.39, 0.29) is 0 Å². The summed E-state index contributed by atoms with van der Waals surface area (Å²) in [5, 5.41) is 0. The van der Waals surface area contributed by atoms with Gasteiger partial charge in [-0.15, -0.1) is 30.1 Å². The third-order valence-corrected chi connectivity index (χ3v) is 4.35. The molecule has 0 aromatic rings. The molecule has 1 saturated heterocycles.